The normalized spacial score (nSPS) is 16.1. The molecule has 1 atom stereocenters. The summed E-state index contributed by atoms with van der Waals surface area (Å²) in [5.74, 6) is 0. The minimum Gasteiger partial charge on any atom is -0.598 e. The van der Waals surface area contributed by atoms with E-state index in [9.17, 15) is 4.55 Å². The third-order valence-corrected chi connectivity index (χ3v) is 2.77. The summed E-state index contributed by atoms with van der Waals surface area (Å²) in [4.78, 5) is 0. The Morgan fingerprint density at radius 3 is 2.00 bits per heavy atom. The van der Waals surface area contributed by atoms with E-state index < -0.39 is 11.4 Å². The minimum absolute atomic E-state index is 0.208. The van der Waals surface area contributed by atoms with Crippen molar-refractivity contribution in [3.05, 3.63) is 0 Å². The molecular formula is C5H13NOS. The zero-order valence-electron chi connectivity index (χ0n) is 5.60. The number of hydrogen-bond acceptors (Lipinski definition) is 2. The molecule has 0 aromatic carbocycles. The van der Waals surface area contributed by atoms with Crippen LogP contribution in [0.5, 0.6) is 0 Å². The van der Waals surface area contributed by atoms with Gasteiger partial charge in [-0.15, -0.1) is 0 Å². The van der Waals surface area contributed by atoms with Crippen LogP contribution in [-0.2, 0) is 11.4 Å². The second kappa shape index (κ2) is 2.71. The number of rotatable bonds is 2. The summed E-state index contributed by atoms with van der Waals surface area (Å²) in [6.07, 6.45) is 0.857. The lowest BCUT2D eigenvalue weighted by molar-refractivity contribution is 0.539. The first-order valence-corrected chi connectivity index (χ1v) is 3.88. The van der Waals surface area contributed by atoms with E-state index in [2.05, 4.69) is 0 Å². The van der Waals surface area contributed by atoms with Crippen LogP contribution in [0.3, 0.4) is 0 Å². The Bertz CT molecular complexity index is 72.8. The van der Waals surface area contributed by atoms with Gasteiger partial charge in [0, 0.05) is 11.4 Å². The van der Waals surface area contributed by atoms with E-state index in [-0.39, 0.29) is 4.75 Å². The van der Waals surface area contributed by atoms with Crippen molar-refractivity contribution in [2.75, 3.05) is 0 Å². The largest absolute Gasteiger partial charge is 0.598 e. The van der Waals surface area contributed by atoms with Crippen molar-refractivity contribution in [2.45, 2.75) is 31.9 Å². The summed E-state index contributed by atoms with van der Waals surface area (Å²) >= 11 is -1.18. The Morgan fingerprint density at radius 1 is 1.62 bits per heavy atom. The monoisotopic (exact) mass is 135 g/mol. The fraction of sp³-hybridized carbons (Fsp3) is 1.00. The van der Waals surface area contributed by atoms with E-state index >= 15 is 0 Å². The van der Waals surface area contributed by atoms with Crippen LogP contribution >= 0.6 is 0 Å². The average Bonchev–Trinajstić information content (AvgIpc) is 1.67. The Balaban J connectivity index is 3.71. The smallest absolute Gasteiger partial charge is 0.139 e. The highest BCUT2D eigenvalue weighted by atomic mass is 32.2. The lowest BCUT2D eigenvalue weighted by Crippen LogP contribution is -2.36. The predicted molar refractivity (Wildman–Crippen MR) is 36.7 cm³/mol. The van der Waals surface area contributed by atoms with Crippen molar-refractivity contribution in [1.82, 2.24) is 0 Å². The van der Waals surface area contributed by atoms with Crippen LogP contribution in [0.1, 0.15) is 27.2 Å². The van der Waals surface area contributed by atoms with E-state index in [4.69, 9.17) is 5.14 Å². The zero-order chi connectivity index (χ0) is 6.78. The van der Waals surface area contributed by atoms with Crippen LogP contribution in [0, 0.1) is 0 Å². The third kappa shape index (κ3) is 2.03. The lowest BCUT2D eigenvalue weighted by Gasteiger charge is -2.21. The Hall–Kier alpha value is 0.270. The molecule has 0 bridgehead atoms. The van der Waals surface area contributed by atoms with E-state index in [1.807, 2.05) is 20.8 Å². The van der Waals surface area contributed by atoms with Crippen LogP contribution in [0.2, 0.25) is 0 Å². The first-order valence-electron chi connectivity index (χ1n) is 2.67. The SMILES string of the molecule is CCC(C)(C)[S@@+](N)[O-]. The van der Waals surface area contributed by atoms with Crippen LogP contribution in [0.15, 0.2) is 0 Å². The maximum Gasteiger partial charge on any atom is 0.139 e. The maximum atomic E-state index is 10.6. The van der Waals surface area contributed by atoms with Gasteiger partial charge in [0.25, 0.3) is 0 Å². The van der Waals surface area contributed by atoms with Gasteiger partial charge in [0.2, 0.25) is 0 Å². The summed E-state index contributed by atoms with van der Waals surface area (Å²) in [6, 6.07) is 0. The maximum absolute atomic E-state index is 10.6. The Kier molecular flexibility index (Phi) is 2.80. The van der Waals surface area contributed by atoms with Crippen LogP contribution < -0.4 is 5.14 Å². The summed E-state index contributed by atoms with van der Waals surface area (Å²) in [6.45, 7) is 5.76. The molecule has 0 fully saturated rings. The van der Waals surface area contributed by atoms with Gasteiger partial charge in [-0.3, -0.25) is 0 Å². The second-order valence-corrected chi connectivity index (χ2v) is 4.11. The molecule has 50 valence electrons. The average molecular weight is 135 g/mol. The second-order valence-electron chi connectivity index (χ2n) is 2.41. The molecule has 2 nitrogen and oxygen atoms in total. The first kappa shape index (κ1) is 8.27. The van der Waals surface area contributed by atoms with Gasteiger partial charge in [-0.25, -0.2) is 0 Å². The van der Waals surface area contributed by atoms with Crippen molar-refractivity contribution in [3.63, 3.8) is 0 Å². The molecule has 0 aromatic heterocycles. The van der Waals surface area contributed by atoms with Crippen molar-refractivity contribution >= 4 is 11.4 Å². The number of hydrogen-bond donors (Lipinski definition) is 1. The van der Waals surface area contributed by atoms with Gasteiger partial charge in [-0.1, -0.05) is 6.92 Å². The molecule has 0 aliphatic rings. The highest BCUT2D eigenvalue weighted by Gasteiger charge is 2.26. The highest BCUT2D eigenvalue weighted by Crippen LogP contribution is 2.15. The standard InChI is InChI=1S/C5H13NOS/c1-4-5(2,3)8(6)7/h4,6H2,1-3H3/t8-/m0/s1. The quantitative estimate of drug-likeness (QED) is 0.569. The molecule has 0 rings (SSSR count). The molecule has 0 aliphatic heterocycles. The highest BCUT2D eigenvalue weighted by molar-refractivity contribution is 7.90. The molecule has 3 heteroatoms. The molecule has 0 unspecified atom stereocenters. The van der Waals surface area contributed by atoms with E-state index in [0.29, 0.717) is 0 Å². The number of nitrogens with two attached hydrogens (primary N) is 1. The fourth-order valence-electron chi connectivity index (χ4n) is 0.142. The van der Waals surface area contributed by atoms with Crippen molar-refractivity contribution in [3.8, 4) is 0 Å². The van der Waals surface area contributed by atoms with Gasteiger partial charge in [0.15, 0.2) is 0 Å². The van der Waals surface area contributed by atoms with Gasteiger partial charge in [-0.05, 0) is 20.3 Å². The molecule has 0 heterocycles. The Morgan fingerprint density at radius 2 is 2.00 bits per heavy atom. The van der Waals surface area contributed by atoms with Crippen LogP contribution in [0.4, 0.5) is 0 Å². The predicted octanol–water partition coefficient (Wildman–Crippen LogP) is 0.797. The van der Waals surface area contributed by atoms with Crippen LogP contribution in [0.25, 0.3) is 0 Å². The van der Waals surface area contributed by atoms with E-state index in [0.717, 1.165) is 6.42 Å². The molecule has 0 aliphatic carbocycles. The Labute approximate surface area is 53.8 Å². The van der Waals surface area contributed by atoms with Gasteiger partial charge in [0.1, 0.15) is 4.75 Å². The van der Waals surface area contributed by atoms with Crippen molar-refractivity contribution in [1.29, 1.82) is 0 Å². The van der Waals surface area contributed by atoms with Crippen LogP contribution in [-0.4, -0.2) is 9.30 Å². The molecule has 0 saturated heterocycles. The molecule has 0 spiro atoms. The molecule has 8 heavy (non-hydrogen) atoms. The molecule has 0 aromatic rings. The molecule has 0 radical (unpaired) electrons. The van der Waals surface area contributed by atoms with Gasteiger partial charge in [-0.2, -0.15) is 5.14 Å². The first-order chi connectivity index (χ1) is 3.50. The summed E-state index contributed by atoms with van der Waals surface area (Å²) in [5, 5.41) is 5.15. The zero-order valence-corrected chi connectivity index (χ0v) is 6.42. The minimum atomic E-state index is -1.18. The topological polar surface area (TPSA) is 49.1 Å². The lowest BCUT2D eigenvalue weighted by atomic mass is 10.1. The van der Waals surface area contributed by atoms with Gasteiger partial charge < -0.3 is 4.55 Å². The van der Waals surface area contributed by atoms with Crippen molar-refractivity contribution in [2.24, 2.45) is 5.14 Å². The summed E-state index contributed by atoms with van der Waals surface area (Å²) in [5.41, 5.74) is 0. The molecule has 0 amide bonds. The summed E-state index contributed by atoms with van der Waals surface area (Å²) < 4.78 is 10.4. The molecule has 0 saturated carbocycles. The van der Waals surface area contributed by atoms with E-state index in [1.54, 1.807) is 0 Å². The van der Waals surface area contributed by atoms with Gasteiger partial charge >= 0.3 is 0 Å². The summed E-state index contributed by atoms with van der Waals surface area (Å²) in [7, 11) is 0. The molecule has 2 N–H and O–H groups in total. The van der Waals surface area contributed by atoms with Gasteiger partial charge in [0.05, 0.1) is 0 Å². The van der Waals surface area contributed by atoms with Crippen molar-refractivity contribution < 1.29 is 4.55 Å². The molecular weight excluding hydrogens is 122 g/mol. The fourth-order valence-corrected chi connectivity index (χ4v) is 0.427. The third-order valence-electron chi connectivity index (χ3n) is 1.40. The van der Waals surface area contributed by atoms with E-state index in [1.165, 1.54) is 0 Å².